The molecule has 0 spiro atoms. The minimum Gasteiger partial charge on any atom is -0.277 e. The highest BCUT2D eigenvalue weighted by atomic mass is 32.2. The molecule has 0 saturated carbocycles. The van der Waals surface area contributed by atoms with E-state index in [1.54, 1.807) is 37.3 Å². The minimum atomic E-state index is -3.77. The normalized spacial score (nSPS) is 11.4. The molecule has 0 aliphatic rings. The van der Waals surface area contributed by atoms with Gasteiger partial charge in [0.1, 0.15) is 5.82 Å². The number of sulfonamides is 1. The molecule has 5 heteroatoms. The standard InChI is InChI=1S/C16H18FNO2S/c1-3-4-13-6-8-14(9-7-13)21(19,20)18-16-11-12(2)5-10-15(16)17/h5-11,18H,3-4H2,1-2H3. The number of benzene rings is 2. The van der Waals surface area contributed by atoms with E-state index in [-0.39, 0.29) is 10.6 Å². The highest BCUT2D eigenvalue weighted by Crippen LogP contribution is 2.21. The lowest BCUT2D eigenvalue weighted by Gasteiger charge is -2.10. The maximum Gasteiger partial charge on any atom is 0.261 e. The van der Waals surface area contributed by atoms with E-state index in [0.717, 1.165) is 24.0 Å². The summed E-state index contributed by atoms with van der Waals surface area (Å²) in [5, 5.41) is 0. The van der Waals surface area contributed by atoms with Crippen molar-refractivity contribution in [2.45, 2.75) is 31.6 Å². The van der Waals surface area contributed by atoms with Crippen LogP contribution in [-0.2, 0) is 16.4 Å². The van der Waals surface area contributed by atoms with Crippen LogP contribution >= 0.6 is 0 Å². The van der Waals surface area contributed by atoms with Gasteiger partial charge in [-0.2, -0.15) is 0 Å². The Labute approximate surface area is 124 Å². The van der Waals surface area contributed by atoms with Gasteiger partial charge in [-0.1, -0.05) is 31.5 Å². The fourth-order valence-electron chi connectivity index (χ4n) is 2.04. The van der Waals surface area contributed by atoms with E-state index in [2.05, 4.69) is 11.6 Å². The van der Waals surface area contributed by atoms with Crippen molar-refractivity contribution >= 4 is 15.7 Å². The van der Waals surface area contributed by atoms with E-state index in [4.69, 9.17) is 0 Å². The molecule has 21 heavy (non-hydrogen) atoms. The second-order valence-electron chi connectivity index (χ2n) is 4.98. The average molecular weight is 307 g/mol. The Hall–Kier alpha value is -1.88. The van der Waals surface area contributed by atoms with Gasteiger partial charge in [0.25, 0.3) is 10.0 Å². The van der Waals surface area contributed by atoms with Gasteiger partial charge < -0.3 is 0 Å². The van der Waals surface area contributed by atoms with Crippen LogP contribution in [0.2, 0.25) is 0 Å². The smallest absolute Gasteiger partial charge is 0.261 e. The van der Waals surface area contributed by atoms with Gasteiger partial charge >= 0.3 is 0 Å². The van der Waals surface area contributed by atoms with Crippen LogP contribution in [-0.4, -0.2) is 8.42 Å². The van der Waals surface area contributed by atoms with E-state index in [0.29, 0.717) is 0 Å². The van der Waals surface area contributed by atoms with E-state index in [1.807, 2.05) is 0 Å². The van der Waals surface area contributed by atoms with E-state index >= 15 is 0 Å². The van der Waals surface area contributed by atoms with E-state index in [9.17, 15) is 12.8 Å². The first-order chi connectivity index (χ1) is 9.92. The van der Waals surface area contributed by atoms with Crippen LogP contribution in [0.5, 0.6) is 0 Å². The van der Waals surface area contributed by atoms with Crippen LogP contribution in [0, 0.1) is 12.7 Å². The summed E-state index contributed by atoms with van der Waals surface area (Å²) in [6.45, 7) is 3.84. The van der Waals surface area contributed by atoms with Crippen molar-refractivity contribution in [3.05, 3.63) is 59.4 Å². The summed E-state index contributed by atoms with van der Waals surface area (Å²) in [4.78, 5) is 0.128. The van der Waals surface area contributed by atoms with E-state index < -0.39 is 15.8 Å². The van der Waals surface area contributed by atoms with Gasteiger partial charge in [-0.3, -0.25) is 4.72 Å². The SMILES string of the molecule is CCCc1ccc(S(=O)(=O)Nc2cc(C)ccc2F)cc1. The minimum absolute atomic E-state index is 0.0346. The highest BCUT2D eigenvalue weighted by Gasteiger charge is 2.16. The molecule has 1 N–H and O–H groups in total. The maximum atomic E-state index is 13.7. The highest BCUT2D eigenvalue weighted by molar-refractivity contribution is 7.92. The summed E-state index contributed by atoms with van der Waals surface area (Å²) in [6.07, 6.45) is 1.90. The second kappa shape index (κ2) is 6.26. The average Bonchev–Trinajstić information content (AvgIpc) is 2.44. The summed E-state index contributed by atoms with van der Waals surface area (Å²) in [5.74, 6) is -0.591. The van der Waals surface area contributed by atoms with Crippen LogP contribution in [0.4, 0.5) is 10.1 Å². The largest absolute Gasteiger partial charge is 0.277 e. The molecule has 0 saturated heterocycles. The van der Waals surface area contributed by atoms with Crippen molar-refractivity contribution in [3.8, 4) is 0 Å². The molecule has 0 bridgehead atoms. The first kappa shape index (κ1) is 15.5. The maximum absolute atomic E-state index is 13.7. The summed E-state index contributed by atoms with van der Waals surface area (Å²) >= 11 is 0. The number of anilines is 1. The lowest BCUT2D eigenvalue weighted by molar-refractivity contribution is 0.598. The van der Waals surface area contributed by atoms with Gasteiger partial charge in [-0.25, -0.2) is 12.8 Å². The monoisotopic (exact) mass is 307 g/mol. The molecule has 0 unspecified atom stereocenters. The zero-order valence-electron chi connectivity index (χ0n) is 12.1. The van der Waals surface area contributed by atoms with Crippen molar-refractivity contribution in [3.63, 3.8) is 0 Å². The fraction of sp³-hybridized carbons (Fsp3) is 0.250. The van der Waals surface area contributed by atoms with Crippen molar-refractivity contribution < 1.29 is 12.8 Å². The second-order valence-corrected chi connectivity index (χ2v) is 6.67. The Kier molecular flexibility index (Phi) is 4.63. The number of aryl methyl sites for hydroxylation is 2. The molecule has 3 nitrogen and oxygen atoms in total. The summed E-state index contributed by atoms with van der Waals surface area (Å²) in [6, 6.07) is 11.0. The molecule has 0 atom stereocenters. The Morgan fingerprint density at radius 1 is 1.10 bits per heavy atom. The Bertz CT molecular complexity index is 724. The fourth-order valence-corrected chi connectivity index (χ4v) is 3.10. The Balaban J connectivity index is 2.27. The molecule has 0 aromatic heterocycles. The summed E-state index contributed by atoms with van der Waals surface area (Å²) in [7, 11) is -3.77. The van der Waals surface area contributed by atoms with Crippen LogP contribution in [0.25, 0.3) is 0 Å². The number of halogens is 1. The van der Waals surface area contributed by atoms with Crippen molar-refractivity contribution in [2.24, 2.45) is 0 Å². The van der Waals surface area contributed by atoms with Crippen LogP contribution in [0.1, 0.15) is 24.5 Å². The lowest BCUT2D eigenvalue weighted by atomic mass is 10.1. The third-order valence-electron chi connectivity index (χ3n) is 3.14. The Morgan fingerprint density at radius 3 is 2.38 bits per heavy atom. The molecule has 0 amide bonds. The van der Waals surface area contributed by atoms with Gasteiger partial charge in [0, 0.05) is 0 Å². The third kappa shape index (κ3) is 3.82. The first-order valence-electron chi connectivity index (χ1n) is 6.80. The molecule has 0 aliphatic heterocycles. The van der Waals surface area contributed by atoms with Gasteiger partial charge in [0.05, 0.1) is 10.6 Å². The van der Waals surface area contributed by atoms with Crippen molar-refractivity contribution in [1.29, 1.82) is 0 Å². The molecule has 2 aromatic rings. The molecule has 2 rings (SSSR count). The van der Waals surface area contributed by atoms with E-state index in [1.165, 1.54) is 12.1 Å². The predicted octanol–water partition coefficient (Wildman–Crippen LogP) is 3.89. The molecular formula is C16H18FNO2S. The molecule has 0 radical (unpaired) electrons. The lowest BCUT2D eigenvalue weighted by Crippen LogP contribution is -2.14. The van der Waals surface area contributed by atoms with Crippen molar-refractivity contribution in [1.82, 2.24) is 0 Å². The zero-order chi connectivity index (χ0) is 15.5. The number of rotatable bonds is 5. The van der Waals surface area contributed by atoms with Gasteiger partial charge in [0.2, 0.25) is 0 Å². The first-order valence-corrected chi connectivity index (χ1v) is 8.28. The number of hydrogen-bond acceptors (Lipinski definition) is 2. The molecule has 0 heterocycles. The van der Waals surface area contributed by atoms with Crippen LogP contribution in [0.3, 0.4) is 0 Å². The van der Waals surface area contributed by atoms with Crippen LogP contribution in [0.15, 0.2) is 47.4 Å². The third-order valence-corrected chi connectivity index (χ3v) is 4.52. The summed E-state index contributed by atoms with van der Waals surface area (Å²) in [5.41, 5.74) is 1.83. The van der Waals surface area contributed by atoms with Crippen molar-refractivity contribution in [2.75, 3.05) is 4.72 Å². The molecule has 2 aromatic carbocycles. The van der Waals surface area contributed by atoms with Gasteiger partial charge in [-0.15, -0.1) is 0 Å². The number of nitrogens with one attached hydrogen (secondary N) is 1. The zero-order valence-corrected chi connectivity index (χ0v) is 12.9. The van der Waals surface area contributed by atoms with Gasteiger partial charge in [-0.05, 0) is 48.7 Å². The predicted molar refractivity (Wildman–Crippen MR) is 82.4 cm³/mol. The topological polar surface area (TPSA) is 46.2 Å². The molecule has 112 valence electrons. The number of hydrogen-bond donors (Lipinski definition) is 1. The molecular weight excluding hydrogens is 289 g/mol. The quantitative estimate of drug-likeness (QED) is 0.911. The summed E-state index contributed by atoms with van der Waals surface area (Å²) < 4.78 is 40.5. The molecule has 0 fully saturated rings. The molecule has 0 aliphatic carbocycles. The Morgan fingerprint density at radius 2 is 1.76 bits per heavy atom. The van der Waals surface area contributed by atoms with Gasteiger partial charge in [0.15, 0.2) is 0 Å². The van der Waals surface area contributed by atoms with Crippen LogP contribution < -0.4 is 4.72 Å².